The molecule has 0 aromatic heterocycles. The fourth-order valence-electron chi connectivity index (χ4n) is 1.43. The minimum Gasteiger partial charge on any atom is -0.479 e. The smallest absolute Gasteiger partial charge is 0.344 e. The highest BCUT2D eigenvalue weighted by atomic mass is 35.5. The van der Waals surface area contributed by atoms with Crippen LogP contribution in [0.5, 0.6) is 5.75 Å². The first-order valence-corrected chi connectivity index (χ1v) is 6.02. The Labute approximate surface area is 106 Å². The van der Waals surface area contributed by atoms with E-state index in [2.05, 4.69) is 13.8 Å². The maximum Gasteiger partial charge on any atom is 0.344 e. The molecule has 0 saturated carbocycles. The van der Waals surface area contributed by atoms with Gasteiger partial charge in [0.2, 0.25) is 0 Å². The van der Waals surface area contributed by atoms with Gasteiger partial charge in [0.1, 0.15) is 5.75 Å². The van der Waals surface area contributed by atoms with Crippen LogP contribution < -0.4 is 4.74 Å². The van der Waals surface area contributed by atoms with Crippen LogP contribution in [0, 0.1) is 0 Å². The van der Waals surface area contributed by atoms with Gasteiger partial charge in [-0.05, 0) is 30.0 Å². The largest absolute Gasteiger partial charge is 0.479 e. The minimum absolute atomic E-state index is 0.378. The Balaban J connectivity index is 2.89. The van der Waals surface area contributed by atoms with Crippen molar-refractivity contribution >= 4 is 17.6 Å². The van der Waals surface area contributed by atoms with Crippen LogP contribution in [0.15, 0.2) is 18.2 Å². The Kier molecular flexibility index (Phi) is 4.82. The van der Waals surface area contributed by atoms with E-state index in [1.165, 1.54) is 0 Å². The number of halogens is 1. The maximum atomic E-state index is 10.9. The van der Waals surface area contributed by atoms with Crippen LogP contribution in [-0.4, -0.2) is 17.2 Å². The van der Waals surface area contributed by atoms with Crippen LogP contribution in [0.4, 0.5) is 0 Å². The Morgan fingerprint density at radius 3 is 2.53 bits per heavy atom. The van der Waals surface area contributed by atoms with Crippen molar-refractivity contribution in [3.8, 4) is 5.75 Å². The van der Waals surface area contributed by atoms with E-state index in [1.807, 2.05) is 12.1 Å². The van der Waals surface area contributed by atoms with Gasteiger partial charge in [0, 0.05) is 0 Å². The number of carbonyl (C=O) groups is 1. The first kappa shape index (κ1) is 13.8. The molecule has 17 heavy (non-hydrogen) atoms. The molecule has 0 bridgehead atoms. The monoisotopic (exact) mass is 256 g/mol. The maximum absolute atomic E-state index is 10.9. The Bertz CT molecular complexity index is 402. The Hall–Kier alpha value is -1.22. The quantitative estimate of drug-likeness (QED) is 0.874. The van der Waals surface area contributed by atoms with Gasteiger partial charge < -0.3 is 9.84 Å². The van der Waals surface area contributed by atoms with Gasteiger partial charge in [0.05, 0.1) is 5.02 Å². The molecule has 1 unspecified atom stereocenters. The molecule has 1 N–H and O–H groups in total. The second-order valence-electron chi connectivity index (χ2n) is 4.20. The van der Waals surface area contributed by atoms with Gasteiger partial charge in [-0.1, -0.05) is 38.4 Å². The van der Waals surface area contributed by atoms with Gasteiger partial charge >= 0.3 is 5.97 Å². The van der Waals surface area contributed by atoms with Crippen molar-refractivity contribution in [3.05, 3.63) is 28.8 Å². The molecule has 1 aromatic carbocycles. The lowest BCUT2D eigenvalue weighted by molar-refractivity contribution is -0.145. The Morgan fingerprint density at radius 1 is 1.47 bits per heavy atom. The summed E-state index contributed by atoms with van der Waals surface area (Å²) in [6.45, 7) is 5.89. The molecule has 94 valence electrons. The highest BCUT2D eigenvalue weighted by molar-refractivity contribution is 6.32. The van der Waals surface area contributed by atoms with Crippen molar-refractivity contribution in [1.82, 2.24) is 0 Å². The van der Waals surface area contributed by atoms with Gasteiger partial charge in [0.15, 0.2) is 6.10 Å². The first-order chi connectivity index (χ1) is 7.95. The summed E-state index contributed by atoms with van der Waals surface area (Å²) in [7, 11) is 0. The molecule has 0 saturated heterocycles. The van der Waals surface area contributed by atoms with Crippen molar-refractivity contribution in [1.29, 1.82) is 0 Å². The molecule has 0 fully saturated rings. The molecule has 3 nitrogen and oxygen atoms in total. The molecule has 0 heterocycles. The summed E-state index contributed by atoms with van der Waals surface area (Å²) in [5, 5.41) is 9.35. The van der Waals surface area contributed by atoms with E-state index in [4.69, 9.17) is 21.4 Å². The number of carboxylic acid groups (broad SMARTS) is 1. The Morgan fingerprint density at radius 2 is 2.12 bits per heavy atom. The van der Waals surface area contributed by atoms with Gasteiger partial charge in [-0.25, -0.2) is 4.79 Å². The zero-order chi connectivity index (χ0) is 13.0. The van der Waals surface area contributed by atoms with Gasteiger partial charge in [-0.15, -0.1) is 0 Å². The van der Waals surface area contributed by atoms with E-state index in [0.29, 0.717) is 23.1 Å². The van der Waals surface area contributed by atoms with Crippen molar-refractivity contribution < 1.29 is 14.6 Å². The lowest BCUT2D eigenvalue weighted by Gasteiger charge is -2.15. The molecular weight excluding hydrogens is 240 g/mol. The van der Waals surface area contributed by atoms with Crippen LogP contribution in [-0.2, 0) is 4.79 Å². The fourth-order valence-corrected chi connectivity index (χ4v) is 1.67. The van der Waals surface area contributed by atoms with Gasteiger partial charge in [-0.2, -0.15) is 0 Å². The first-order valence-electron chi connectivity index (χ1n) is 5.64. The van der Waals surface area contributed by atoms with Crippen molar-refractivity contribution in [2.24, 2.45) is 0 Å². The summed E-state index contributed by atoms with van der Waals surface area (Å²) < 4.78 is 5.36. The molecule has 0 radical (unpaired) electrons. The van der Waals surface area contributed by atoms with Crippen LogP contribution in [0.3, 0.4) is 0 Å². The standard InChI is InChI=1S/C13H17ClO3/c1-4-11(13(15)16)17-12-6-5-9(8(2)3)7-10(12)14/h5-8,11H,4H2,1-3H3,(H,15,16). The van der Waals surface area contributed by atoms with Crippen LogP contribution >= 0.6 is 11.6 Å². The third kappa shape index (κ3) is 3.63. The minimum atomic E-state index is -0.975. The fraction of sp³-hybridized carbons (Fsp3) is 0.462. The van der Waals surface area contributed by atoms with Gasteiger partial charge in [0.25, 0.3) is 0 Å². The number of ether oxygens (including phenoxy) is 1. The normalized spacial score (nSPS) is 12.5. The average Bonchev–Trinajstić information content (AvgIpc) is 2.26. The number of carboxylic acids is 1. The predicted octanol–water partition coefficient (Wildman–Crippen LogP) is 3.71. The number of hydrogen-bond donors (Lipinski definition) is 1. The van der Waals surface area contributed by atoms with Gasteiger partial charge in [-0.3, -0.25) is 0 Å². The molecule has 0 aliphatic rings. The van der Waals surface area contributed by atoms with E-state index in [1.54, 1.807) is 13.0 Å². The van der Waals surface area contributed by atoms with E-state index in [9.17, 15) is 4.79 Å². The molecule has 1 atom stereocenters. The molecule has 0 aliphatic heterocycles. The highest BCUT2D eigenvalue weighted by Gasteiger charge is 2.18. The van der Waals surface area contributed by atoms with Crippen molar-refractivity contribution in [3.63, 3.8) is 0 Å². The molecule has 1 rings (SSSR count). The predicted molar refractivity (Wildman–Crippen MR) is 67.9 cm³/mol. The van der Waals surface area contributed by atoms with E-state index < -0.39 is 12.1 Å². The summed E-state index contributed by atoms with van der Waals surface area (Å²) in [6, 6.07) is 5.44. The summed E-state index contributed by atoms with van der Waals surface area (Å²) in [5.74, 6) is -0.176. The molecule has 0 aliphatic carbocycles. The third-order valence-electron chi connectivity index (χ3n) is 2.54. The summed E-state index contributed by atoms with van der Waals surface area (Å²) in [6.07, 6.45) is -0.449. The SMILES string of the molecule is CCC(Oc1ccc(C(C)C)cc1Cl)C(=O)O. The molecule has 0 spiro atoms. The summed E-state index contributed by atoms with van der Waals surface area (Å²) in [4.78, 5) is 10.9. The molecule has 0 amide bonds. The van der Waals surface area contributed by atoms with Crippen molar-refractivity contribution in [2.45, 2.75) is 39.2 Å². The van der Waals surface area contributed by atoms with E-state index in [0.717, 1.165) is 5.56 Å². The van der Waals surface area contributed by atoms with Crippen LogP contribution in [0.25, 0.3) is 0 Å². The topological polar surface area (TPSA) is 46.5 Å². The summed E-state index contributed by atoms with van der Waals surface area (Å²) in [5.41, 5.74) is 1.10. The average molecular weight is 257 g/mol. The molecule has 4 heteroatoms. The number of rotatable bonds is 5. The lowest BCUT2D eigenvalue weighted by Crippen LogP contribution is -2.26. The van der Waals surface area contributed by atoms with Crippen LogP contribution in [0.2, 0.25) is 5.02 Å². The zero-order valence-electron chi connectivity index (χ0n) is 10.2. The van der Waals surface area contributed by atoms with E-state index in [-0.39, 0.29) is 0 Å². The molecular formula is C13H17ClO3. The highest BCUT2D eigenvalue weighted by Crippen LogP contribution is 2.29. The van der Waals surface area contributed by atoms with Crippen LogP contribution in [0.1, 0.15) is 38.7 Å². The second-order valence-corrected chi connectivity index (χ2v) is 4.60. The number of benzene rings is 1. The zero-order valence-corrected chi connectivity index (χ0v) is 11.0. The lowest BCUT2D eigenvalue weighted by atomic mass is 10.0. The van der Waals surface area contributed by atoms with Crippen molar-refractivity contribution in [2.75, 3.05) is 0 Å². The third-order valence-corrected chi connectivity index (χ3v) is 2.83. The number of hydrogen-bond acceptors (Lipinski definition) is 2. The molecule has 1 aromatic rings. The second kappa shape index (κ2) is 5.92. The number of aliphatic carboxylic acids is 1. The summed E-state index contributed by atoms with van der Waals surface area (Å²) >= 11 is 6.06. The van der Waals surface area contributed by atoms with E-state index >= 15 is 0 Å².